The topological polar surface area (TPSA) is 98.1 Å². The van der Waals surface area contributed by atoms with Crippen LogP contribution >= 0.6 is 0 Å². The van der Waals surface area contributed by atoms with E-state index in [-0.39, 0.29) is 36.9 Å². The molecule has 0 unspecified atom stereocenters. The Morgan fingerprint density at radius 3 is 2.76 bits per heavy atom. The van der Waals surface area contributed by atoms with E-state index in [2.05, 4.69) is 10.1 Å². The van der Waals surface area contributed by atoms with Crippen molar-refractivity contribution in [2.45, 2.75) is 19.6 Å². The number of nitrogens with zero attached hydrogens (tertiary/aromatic N) is 1. The second kappa shape index (κ2) is 9.18. The second-order valence-electron chi connectivity index (χ2n) is 6.29. The number of ether oxygens (including phenoxy) is 2. The van der Waals surface area contributed by atoms with Crippen LogP contribution in [0.25, 0.3) is 0 Å². The molecule has 1 fully saturated rings. The number of benzene rings is 1. The van der Waals surface area contributed by atoms with Crippen LogP contribution in [-0.2, 0) is 25.7 Å². The molecule has 2 aromatic rings. The van der Waals surface area contributed by atoms with Crippen molar-refractivity contribution in [3.8, 4) is 5.75 Å². The minimum Gasteiger partial charge on any atom is -0.467 e. The summed E-state index contributed by atoms with van der Waals surface area (Å²) in [5.74, 6) is -1.94. The van der Waals surface area contributed by atoms with Crippen molar-refractivity contribution in [3.63, 3.8) is 0 Å². The highest BCUT2D eigenvalue weighted by Gasteiger charge is 2.35. The summed E-state index contributed by atoms with van der Waals surface area (Å²) in [4.78, 5) is 37.7. The Morgan fingerprint density at radius 1 is 1.24 bits per heavy atom. The Morgan fingerprint density at radius 2 is 2.03 bits per heavy atom. The van der Waals surface area contributed by atoms with Gasteiger partial charge in [-0.1, -0.05) is 12.1 Å². The molecule has 0 bridgehead atoms. The van der Waals surface area contributed by atoms with Crippen LogP contribution < -0.4 is 10.1 Å². The van der Waals surface area contributed by atoms with Crippen LogP contribution in [0.2, 0.25) is 0 Å². The third kappa shape index (κ3) is 5.53. The third-order valence-corrected chi connectivity index (χ3v) is 4.20. The fourth-order valence-electron chi connectivity index (χ4n) is 2.88. The highest BCUT2D eigenvalue weighted by molar-refractivity contribution is 5.94. The van der Waals surface area contributed by atoms with Crippen molar-refractivity contribution >= 4 is 23.5 Å². The quantitative estimate of drug-likeness (QED) is 0.674. The predicted molar refractivity (Wildman–Crippen MR) is 94.9 cm³/mol. The van der Waals surface area contributed by atoms with Gasteiger partial charge in [-0.2, -0.15) is 8.78 Å². The van der Waals surface area contributed by atoms with E-state index < -0.39 is 31.0 Å². The van der Waals surface area contributed by atoms with Crippen LogP contribution in [0.1, 0.15) is 12.2 Å². The lowest BCUT2D eigenvalue weighted by Gasteiger charge is -2.15. The molecule has 154 valence electrons. The molecule has 0 spiro atoms. The number of rotatable bonds is 8. The van der Waals surface area contributed by atoms with Gasteiger partial charge in [0.1, 0.15) is 11.5 Å². The Balaban J connectivity index is 1.48. The van der Waals surface area contributed by atoms with Crippen LogP contribution in [0.4, 0.5) is 14.5 Å². The van der Waals surface area contributed by atoms with Gasteiger partial charge >= 0.3 is 12.6 Å². The maximum atomic E-state index is 12.4. The first-order chi connectivity index (χ1) is 13.9. The largest absolute Gasteiger partial charge is 0.467 e. The number of halogens is 2. The van der Waals surface area contributed by atoms with Gasteiger partial charge in [0.2, 0.25) is 5.91 Å². The number of anilines is 1. The lowest BCUT2D eigenvalue weighted by atomic mass is 10.1. The lowest BCUT2D eigenvalue weighted by molar-refractivity contribution is -0.151. The summed E-state index contributed by atoms with van der Waals surface area (Å²) in [6.45, 7) is -3.26. The summed E-state index contributed by atoms with van der Waals surface area (Å²) >= 11 is 0. The van der Waals surface area contributed by atoms with E-state index in [0.717, 1.165) is 0 Å². The summed E-state index contributed by atoms with van der Waals surface area (Å²) in [6.07, 6.45) is 1.47. The number of esters is 1. The van der Waals surface area contributed by atoms with Crippen LogP contribution in [-0.4, -0.2) is 42.4 Å². The molecule has 3 rings (SSSR count). The summed E-state index contributed by atoms with van der Waals surface area (Å²) in [5.41, 5.74) is 0.0227. The molecule has 1 aromatic carbocycles. The Hall–Kier alpha value is -3.43. The van der Waals surface area contributed by atoms with Gasteiger partial charge in [0.05, 0.1) is 24.4 Å². The molecular weight excluding hydrogens is 390 g/mol. The normalized spacial score (nSPS) is 16.2. The number of hydrogen-bond donors (Lipinski definition) is 1. The molecule has 2 heterocycles. The van der Waals surface area contributed by atoms with Crippen molar-refractivity contribution in [2.75, 3.05) is 18.5 Å². The fraction of sp³-hybridized carbons (Fsp3) is 0.316. The van der Waals surface area contributed by atoms with E-state index in [1.54, 1.807) is 12.1 Å². The first kappa shape index (κ1) is 20.3. The van der Waals surface area contributed by atoms with Crippen molar-refractivity contribution < 1.29 is 37.1 Å². The van der Waals surface area contributed by atoms with Gasteiger partial charge in [0.25, 0.3) is 5.91 Å². The van der Waals surface area contributed by atoms with Gasteiger partial charge in [0.15, 0.2) is 6.61 Å². The summed E-state index contributed by atoms with van der Waals surface area (Å²) in [5, 5.41) is 2.34. The summed E-state index contributed by atoms with van der Waals surface area (Å²) < 4.78 is 39.3. The molecule has 1 saturated heterocycles. The number of hydrogen-bond acceptors (Lipinski definition) is 6. The first-order valence-corrected chi connectivity index (χ1v) is 8.73. The number of carbonyl (C=O) groups is 3. The summed E-state index contributed by atoms with van der Waals surface area (Å²) in [7, 11) is 0. The van der Waals surface area contributed by atoms with Gasteiger partial charge in [-0.05, 0) is 24.3 Å². The number of carbonyl (C=O) groups excluding carboxylic acids is 3. The van der Waals surface area contributed by atoms with Crippen LogP contribution in [0.15, 0.2) is 47.1 Å². The Kier molecular flexibility index (Phi) is 6.43. The number of furan rings is 1. The molecule has 0 aliphatic carbocycles. The number of nitrogens with one attached hydrogen (secondary N) is 1. The predicted octanol–water partition coefficient (Wildman–Crippen LogP) is 2.41. The van der Waals surface area contributed by atoms with Crippen molar-refractivity contribution in [1.82, 2.24) is 4.90 Å². The molecule has 0 radical (unpaired) electrons. The monoisotopic (exact) mass is 408 g/mol. The zero-order valence-electron chi connectivity index (χ0n) is 15.2. The Labute approximate surface area is 164 Å². The molecule has 10 heteroatoms. The molecular formula is C19H18F2N2O6. The van der Waals surface area contributed by atoms with Crippen LogP contribution in [0, 0.1) is 5.92 Å². The zero-order chi connectivity index (χ0) is 20.8. The smallest absolute Gasteiger partial charge is 0.387 e. The molecule has 2 amide bonds. The third-order valence-electron chi connectivity index (χ3n) is 4.20. The van der Waals surface area contributed by atoms with Gasteiger partial charge < -0.3 is 24.1 Å². The van der Waals surface area contributed by atoms with E-state index in [9.17, 15) is 23.2 Å². The average Bonchev–Trinajstić information content (AvgIpc) is 3.31. The van der Waals surface area contributed by atoms with Gasteiger partial charge in [-0.3, -0.25) is 14.4 Å². The highest BCUT2D eigenvalue weighted by atomic mass is 19.3. The van der Waals surface area contributed by atoms with E-state index in [0.29, 0.717) is 5.76 Å². The number of likely N-dealkylation sites (tertiary alicyclic amines) is 1. The zero-order valence-corrected chi connectivity index (χ0v) is 15.2. The van der Waals surface area contributed by atoms with Crippen LogP contribution in [0.5, 0.6) is 5.75 Å². The molecule has 1 aliphatic rings. The molecule has 1 aromatic heterocycles. The highest BCUT2D eigenvalue weighted by Crippen LogP contribution is 2.25. The molecule has 29 heavy (non-hydrogen) atoms. The fourth-order valence-corrected chi connectivity index (χ4v) is 2.88. The molecule has 8 nitrogen and oxygen atoms in total. The number of amides is 2. The molecule has 1 aliphatic heterocycles. The SMILES string of the molecule is O=C(COC(=O)[C@@H]1CC(=O)N(Cc2ccco2)C1)Nc1ccccc1OC(F)F. The second-order valence-corrected chi connectivity index (χ2v) is 6.29. The average molecular weight is 408 g/mol. The van der Waals surface area contributed by atoms with Crippen molar-refractivity contribution in [2.24, 2.45) is 5.92 Å². The molecule has 1 N–H and O–H groups in total. The van der Waals surface area contributed by atoms with E-state index in [1.807, 2.05) is 0 Å². The maximum Gasteiger partial charge on any atom is 0.387 e. The van der Waals surface area contributed by atoms with Crippen molar-refractivity contribution in [1.29, 1.82) is 0 Å². The first-order valence-electron chi connectivity index (χ1n) is 8.73. The minimum atomic E-state index is -3.05. The van der Waals surface area contributed by atoms with E-state index in [4.69, 9.17) is 9.15 Å². The molecule has 1 atom stereocenters. The van der Waals surface area contributed by atoms with Gasteiger partial charge in [-0.15, -0.1) is 0 Å². The molecule has 0 saturated carbocycles. The van der Waals surface area contributed by atoms with Crippen LogP contribution in [0.3, 0.4) is 0 Å². The van der Waals surface area contributed by atoms with E-state index >= 15 is 0 Å². The number of alkyl halides is 2. The van der Waals surface area contributed by atoms with Crippen molar-refractivity contribution in [3.05, 3.63) is 48.4 Å². The summed E-state index contributed by atoms with van der Waals surface area (Å²) in [6, 6.07) is 9.06. The lowest BCUT2D eigenvalue weighted by Crippen LogP contribution is -2.28. The number of para-hydroxylation sites is 2. The van der Waals surface area contributed by atoms with Gasteiger partial charge in [0, 0.05) is 13.0 Å². The van der Waals surface area contributed by atoms with Gasteiger partial charge in [-0.25, -0.2) is 0 Å². The minimum absolute atomic E-state index is 0.0216. The van der Waals surface area contributed by atoms with E-state index in [1.165, 1.54) is 35.4 Å². The Bertz CT molecular complexity index is 871. The standard InChI is InChI=1S/C19H18F2N2O6/c20-19(21)29-15-6-2-1-5-14(15)22-16(24)11-28-18(26)12-8-17(25)23(9-12)10-13-4-3-7-27-13/h1-7,12,19H,8-11H2,(H,22,24)/t12-/m1/s1. The maximum absolute atomic E-state index is 12.4.